The van der Waals surface area contributed by atoms with Crippen molar-refractivity contribution in [1.82, 2.24) is 0 Å². The Morgan fingerprint density at radius 2 is 1.50 bits per heavy atom. The summed E-state index contributed by atoms with van der Waals surface area (Å²) in [5.74, 6) is -5.02. The van der Waals surface area contributed by atoms with E-state index >= 15 is 0 Å². The van der Waals surface area contributed by atoms with Crippen LogP contribution in [0.4, 0.5) is 0 Å². The van der Waals surface area contributed by atoms with Crippen LogP contribution in [-0.2, 0) is 19.2 Å². The van der Waals surface area contributed by atoms with E-state index in [0.717, 1.165) is 0 Å². The standard InChI is InChI=1S/C12H21N3O7/c13-6(3-4-8(16)17)9(18)12(15,11(21)22)5-1-2-7(14)10(19)20/h6-7H,1-5,13-15H2,(H,16,17)(H,19,20)(H,21,22)/t6-,7-,12-/m1/s1. The summed E-state index contributed by atoms with van der Waals surface area (Å²) in [5.41, 5.74) is 14.1. The molecule has 0 heterocycles. The summed E-state index contributed by atoms with van der Waals surface area (Å²) in [4.78, 5) is 44.3. The fourth-order valence-electron chi connectivity index (χ4n) is 1.80. The highest BCUT2D eigenvalue weighted by molar-refractivity contribution is 6.09. The molecule has 0 amide bonds. The molecule has 0 saturated carbocycles. The number of hydrogen-bond acceptors (Lipinski definition) is 7. The normalized spacial score (nSPS) is 16.3. The van der Waals surface area contributed by atoms with Gasteiger partial charge in [0.05, 0.1) is 6.04 Å². The Balaban J connectivity index is 4.79. The highest BCUT2D eigenvalue weighted by Gasteiger charge is 2.43. The highest BCUT2D eigenvalue weighted by atomic mass is 16.4. The first-order chi connectivity index (χ1) is 10.0. The fourth-order valence-corrected chi connectivity index (χ4v) is 1.80. The Kier molecular flexibility index (Phi) is 7.63. The molecule has 0 fully saturated rings. The number of nitrogens with two attached hydrogens (primary N) is 3. The van der Waals surface area contributed by atoms with Crippen LogP contribution in [0, 0.1) is 0 Å². The van der Waals surface area contributed by atoms with Crippen LogP contribution in [0.15, 0.2) is 0 Å². The lowest BCUT2D eigenvalue weighted by Gasteiger charge is -2.26. The predicted octanol–water partition coefficient (Wildman–Crippen LogP) is -1.89. The Bertz CT molecular complexity index is 454. The minimum atomic E-state index is -2.30. The van der Waals surface area contributed by atoms with Gasteiger partial charge >= 0.3 is 17.9 Å². The van der Waals surface area contributed by atoms with E-state index in [-0.39, 0.29) is 25.7 Å². The molecular formula is C12H21N3O7. The van der Waals surface area contributed by atoms with Gasteiger partial charge in [-0.2, -0.15) is 0 Å². The van der Waals surface area contributed by atoms with E-state index < -0.39 is 47.7 Å². The van der Waals surface area contributed by atoms with Gasteiger partial charge in [-0.1, -0.05) is 0 Å². The molecule has 22 heavy (non-hydrogen) atoms. The number of Topliss-reactive ketones (excluding diaryl/α,β-unsaturated/α-hetero) is 1. The van der Waals surface area contributed by atoms with E-state index in [2.05, 4.69) is 0 Å². The van der Waals surface area contributed by atoms with Crippen molar-refractivity contribution in [3.8, 4) is 0 Å². The van der Waals surface area contributed by atoms with Gasteiger partial charge in [0.25, 0.3) is 0 Å². The van der Waals surface area contributed by atoms with Crippen molar-refractivity contribution in [3.63, 3.8) is 0 Å². The zero-order valence-electron chi connectivity index (χ0n) is 11.9. The van der Waals surface area contributed by atoms with Gasteiger partial charge in [-0.3, -0.25) is 14.4 Å². The van der Waals surface area contributed by atoms with Crippen molar-refractivity contribution in [2.24, 2.45) is 17.2 Å². The van der Waals surface area contributed by atoms with Gasteiger partial charge in [0.1, 0.15) is 6.04 Å². The van der Waals surface area contributed by atoms with Crippen molar-refractivity contribution in [3.05, 3.63) is 0 Å². The molecule has 0 saturated heterocycles. The first-order valence-corrected chi connectivity index (χ1v) is 6.54. The number of ketones is 1. The molecule has 126 valence electrons. The second kappa shape index (κ2) is 8.41. The monoisotopic (exact) mass is 319 g/mol. The summed E-state index contributed by atoms with van der Waals surface area (Å²) < 4.78 is 0. The van der Waals surface area contributed by atoms with E-state index in [1.807, 2.05) is 0 Å². The van der Waals surface area contributed by atoms with Gasteiger partial charge in [0.2, 0.25) is 0 Å². The third-order valence-electron chi connectivity index (χ3n) is 3.23. The summed E-state index contributed by atoms with van der Waals surface area (Å²) in [6, 6.07) is -2.51. The van der Waals surface area contributed by atoms with E-state index in [0.29, 0.717) is 0 Å². The van der Waals surface area contributed by atoms with Crippen molar-refractivity contribution >= 4 is 23.7 Å². The fraction of sp³-hybridized carbons (Fsp3) is 0.667. The van der Waals surface area contributed by atoms with Gasteiger partial charge in [-0.05, 0) is 25.7 Å². The second-order valence-corrected chi connectivity index (χ2v) is 5.02. The third-order valence-corrected chi connectivity index (χ3v) is 3.23. The number of rotatable bonds is 11. The number of hydrogen-bond donors (Lipinski definition) is 6. The lowest BCUT2D eigenvalue weighted by Crippen LogP contribution is -2.60. The second-order valence-electron chi connectivity index (χ2n) is 5.02. The molecule has 10 nitrogen and oxygen atoms in total. The van der Waals surface area contributed by atoms with Crippen LogP contribution in [0.25, 0.3) is 0 Å². The molecule has 0 radical (unpaired) electrons. The molecule has 0 aliphatic carbocycles. The summed E-state index contributed by atoms with van der Waals surface area (Å²) in [6.07, 6.45) is -1.04. The average molecular weight is 319 g/mol. The molecule has 3 atom stereocenters. The Morgan fingerprint density at radius 3 is 1.91 bits per heavy atom. The Morgan fingerprint density at radius 1 is 0.955 bits per heavy atom. The maximum atomic E-state index is 12.1. The molecule has 0 rings (SSSR count). The first-order valence-electron chi connectivity index (χ1n) is 6.54. The maximum Gasteiger partial charge on any atom is 0.331 e. The maximum absolute atomic E-state index is 12.1. The third kappa shape index (κ3) is 5.76. The molecule has 0 spiro atoms. The molecule has 0 aliphatic rings. The minimum absolute atomic E-state index is 0.00629. The molecule has 0 aliphatic heterocycles. The molecular weight excluding hydrogens is 298 g/mol. The van der Waals surface area contributed by atoms with Crippen LogP contribution >= 0.6 is 0 Å². The minimum Gasteiger partial charge on any atom is -0.481 e. The summed E-state index contributed by atoms with van der Waals surface area (Å²) in [6.45, 7) is 0. The zero-order valence-corrected chi connectivity index (χ0v) is 11.9. The van der Waals surface area contributed by atoms with E-state index in [1.54, 1.807) is 0 Å². The lowest BCUT2D eigenvalue weighted by atomic mass is 9.84. The average Bonchev–Trinajstić information content (AvgIpc) is 2.42. The molecule has 0 aromatic carbocycles. The number of carbonyl (C=O) groups is 4. The summed E-state index contributed by atoms with van der Waals surface area (Å²) >= 11 is 0. The van der Waals surface area contributed by atoms with Crippen LogP contribution in [0.1, 0.15) is 32.1 Å². The molecule has 9 N–H and O–H groups in total. The van der Waals surface area contributed by atoms with Gasteiger partial charge in [-0.15, -0.1) is 0 Å². The van der Waals surface area contributed by atoms with Gasteiger partial charge in [-0.25, -0.2) is 4.79 Å². The van der Waals surface area contributed by atoms with Crippen molar-refractivity contribution in [2.45, 2.75) is 49.7 Å². The quantitative estimate of drug-likeness (QED) is 0.233. The van der Waals surface area contributed by atoms with Gasteiger partial charge < -0.3 is 32.5 Å². The van der Waals surface area contributed by atoms with Crippen LogP contribution < -0.4 is 17.2 Å². The smallest absolute Gasteiger partial charge is 0.331 e. The molecule has 10 heteroatoms. The van der Waals surface area contributed by atoms with E-state index in [1.165, 1.54) is 0 Å². The summed E-state index contributed by atoms with van der Waals surface area (Å²) in [5, 5.41) is 26.3. The van der Waals surface area contributed by atoms with Crippen molar-refractivity contribution < 1.29 is 34.5 Å². The summed E-state index contributed by atoms with van der Waals surface area (Å²) in [7, 11) is 0. The number of carbonyl (C=O) groups excluding carboxylic acids is 1. The number of carboxylic acid groups (broad SMARTS) is 3. The van der Waals surface area contributed by atoms with Crippen LogP contribution in [-0.4, -0.2) is 56.6 Å². The predicted molar refractivity (Wildman–Crippen MR) is 73.9 cm³/mol. The Hall–Kier alpha value is -2.04. The molecule has 0 unspecified atom stereocenters. The van der Waals surface area contributed by atoms with Crippen LogP contribution in [0.3, 0.4) is 0 Å². The van der Waals surface area contributed by atoms with E-state index in [4.69, 9.17) is 32.5 Å². The Labute approximate surface area is 126 Å². The van der Waals surface area contributed by atoms with E-state index in [9.17, 15) is 19.2 Å². The van der Waals surface area contributed by atoms with Gasteiger partial charge in [0, 0.05) is 6.42 Å². The molecule has 0 aromatic rings. The van der Waals surface area contributed by atoms with Crippen LogP contribution in [0.2, 0.25) is 0 Å². The number of carboxylic acids is 3. The van der Waals surface area contributed by atoms with Crippen molar-refractivity contribution in [2.75, 3.05) is 0 Å². The van der Waals surface area contributed by atoms with Gasteiger partial charge in [0.15, 0.2) is 11.3 Å². The lowest BCUT2D eigenvalue weighted by molar-refractivity contribution is -0.149. The zero-order chi connectivity index (χ0) is 17.5. The number of aliphatic carboxylic acids is 3. The highest BCUT2D eigenvalue weighted by Crippen LogP contribution is 2.17. The first kappa shape index (κ1) is 20.0. The largest absolute Gasteiger partial charge is 0.481 e. The SMILES string of the molecule is N[C@H](CCC[C@](N)(C(=O)O)C(=O)[C@H](N)CCC(=O)O)C(=O)O. The van der Waals surface area contributed by atoms with Crippen molar-refractivity contribution in [1.29, 1.82) is 0 Å². The molecule has 0 aromatic heterocycles. The topological polar surface area (TPSA) is 207 Å². The van der Waals surface area contributed by atoms with Crippen LogP contribution in [0.5, 0.6) is 0 Å². The molecule has 0 bridgehead atoms.